The molecule has 1 aliphatic heterocycles. The molecule has 1 saturated heterocycles. The quantitative estimate of drug-likeness (QED) is 0.565. The largest absolute Gasteiger partial charge is 0.378 e. The first-order valence-corrected chi connectivity index (χ1v) is 10.7. The van der Waals surface area contributed by atoms with Crippen LogP contribution in [0.4, 0.5) is 5.69 Å². The van der Waals surface area contributed by atoms with Gasteiger partial charge in [-0.05, 0) is 52.9 Å². The number of anilines is 1. The third-order valence-corrected chi connectivity index (χ3v) is 5.47. The van der Waals surface area contributed by atoms with Crippen LogP contribution in [0.2, 0.25) is 0 Å². The normalized spacial score (nSPS) is 16.2. The summed E-state index contributed by atoms with van der Waals surface area (Å²) in [5.41, 5.74) is 3.86. The van der Waals surface area contributed by atoms with Crippen molar-refractivity contribution in [3.63, 3.8) is 0 Å². The summed E-state index contributed by atoms with van der Waals surface area (Å²) < 4.78 is 5.42. The van der Waals surface area contributed by atoms with Crippen LogP contribution in [0.15, 0.2) is 46.1 Å². The molecule has 1 fully saturated rings. The monoisotopic (exact) mass is 386 g/mol. The van der Waals surface area contributed by atoms with Crippen LogP contribution < -0.4 is 15.5 Å². The molecule has 1 unspecified atom stereocenters. The molecule has 2 aromatic rings. The van der Waals surface area contributed by atoms with Gasteiger partial charge in [-0.25, -0.2) is 4.99 Å². The molecule has 146 valence electrons. The van der Waals surface area contributed by atoms with Crippen LogP contribution in [0, 0.1) is 0 Å². The molecule has 1 aromatic carbocycles. The fourth-order valence-electron chi connectivity index (χ4n) is 3.07. The predicted octanol–water partition coefficient (Wildman–Crippen LogP) is 3.44. The second-order valence-electron chi connectivity index (χ2n) is 6.80. The first-order valence-electron chi connectivity index (χ1n) is 9.72. The molecular formula is C21H30N4OS. The molecule has 2 heterocycles. The van der Waals surface area contributed by atoms with Crippen molar-refractivity contribution in [3.8, 4) is 0 Å². The number of hydrogen-bond donors (Lipinski definition) is 2. The van der Waals surface area contributed by atoms with Crippen molar-refractivity contribution in [3.05, 3.63) is 52.2 Å². The van der Waals surface area contributed by atoms with Gasteiger partial charge in [0.25, 0.3) is 0 Å². The fraction of sp³-hybridized carbons (Fsp3) is 0.476. The molecule has 1 aromatic heterocycles. The van der Waals surface area contributed by atoms with Gasteiger partial charge in [0.15, 0.2) is 5.96 Å². The second kappa shape index (κ2) is 10.3. The van der Waals surface area contributed by atoms with Gasteiger partial charge in [0.05, 0.1) is 19.8 Å². The minimum Gasteiger partial charge on any atom is -0.378 e. The number of aliphatic imine (C=N–C) groups is 1. The van der Waals surface area contributed by atoms with Gasteiger partial charge < -0.3 is 20.3 Å². The van der Waals surface area contributed by atoms with Crippen LogP contribution >= 0.6 is 11.3 Å². The van der Waals surface area contributed by atoms with E-state index in [9.17, 15) is 0 Å². The van der Waals surface area contributed by atoms with Crippen LogP contribution in [-0.4, -0.2) is 45.4 Å². The molecule has 0 spiro atoms. The zero-order chi connectivity index (χ0) is 18.9. The van der Waals surface area contributed by atoms with Crippen LogP contribution in [0.3, 0.4) is 0 Å². The highest BCUT2D eigenvalue weighted by Crippen LogP contribution is 2.18. The SMILES string of the molecule is CCNC(=NCc1ccc(N2CCOCC2)cc1)NCC(C)c1ccsc1. The van der Waals surface area contributed by atoms with E-state index in [-0.39, 0.29) is 0 Å². The second-order valence-corrected chi connectivity index (χ2v) is 7.58. The maximum absolute atomic E-state index is 5.42. The van der Waals surface area contributed by atoms with Gasteiger partial charge in [-0.15, -0.1) is 0 Å². The van der Waals surface area contributed by atoms with Gasteiger partial charge in [0.2, 0.25) is 0 Å². The van der Waals surface area contributed by atoms with Gasteiger partial charge in [0, 0.05) is 31.9 Å². The number of rotatable bonds is 7. The number of benzene rings is 1. The Kier molecular flexibility index (Phi) is 7.54. The van der Waals surface area contributed by atoms with Crippen LogP contribution in [0.25, 0.3) is 0 Å². The standard InChI is InChI=1S/C21H30N4OS/c1-3-22-21(23-14-17(2)19-8-13-27-16-19)24-15-18-4-6-20(7-5-18)25-9-11-26-12-10-25/h4-8,13,16-17H,3,9-12,14-15H2,1-2H3,(H2,22,23,24). The summed E-state index contributed by atoms with van der Waals surface area (Å²) in [6.45, 7) is 10.3. The first-order chi connectivity index (χ1) is 13.3. The summed E-state index contributed by atoms with van der Waals surface area (Å²) in [6.07, 6.45) is 0. The van der Waals surface area contributed by atoms with Crippen LogP contribution in [0.5, 0.6) is 0 Å². The number of thiophene rings is 1. The third-order valence-electron chi connectivity index (χ3n) is 4.76. The van der Waals surface area contributed by atoms with Gasteiger partial charge in [-0.3, -0.25) is 0 Å². The van der Waals surface area contributed by atoms with E-state index in [0.29, 0.717) is 12.5 Å². The van der Waals surface area contributed by atoms with Crippen LogP contribution in [0.1, 0.15) is 30.9 Å². The maximum Gasteiger partial charge on any atom is 0.191 e. The van der Waals surface area contributed by atoms with E-state index < -0.39 is 0 Å². The van der Waals surface area contributed by atoms with Gasteiger partial charge in [-0.2, -0.15) is 11.3 Å². The Morgan fingerprint density at radius 2 is 1.96 bits per heavy atom. The van der Waals surface area contributed by atoms with Gasteiger partial charge in [-0.1, -0.05) is 19.1 Å². The zero-order valence-electron chi connectivity index (χ0n) is 16.3. The molecule has 0 saturated carbocycles. The lowest BCUT2D eigenvalue weighted by Gasteiger charge is -2.28. The Morgan fingerprint density at radius 1 is 1.19 bits per heavy atom. The van der Waals surface area contributed by atoms with Crippen molar-refractivity contribution < 1.29 is 4.74 Å². The van der Waals surface area contributed by atoms with Crippen molar-refractivity contribution in [2.75, 3.05) is 44.3 Å². The number of morpholine rings is 1. The number of nitrogens with zero attached hydrogens (tertiary/aromatic N) is 2. The highest BCUT2D eigenvalue weighted by Gasteiger charge is 2.11. The molecular weight excluding hydrogens is 356 g/mol. The van der Waals surface area contributed by atoms with Crippen molar-refractivity contribution in [2.24, 2.45) is 4.99 Å². The highest BCUT2D eigenvalue weighted by atomic mass is 32.1. The number of hydrogen-bond acceptors (Lipinski definition) is 4. The Bertz CT molecular complexity index is 693. The molecule has 0 bridgehead atoms. The summed E-state index contributed by atoms with van der Waals surface area (Å²) in [5.74, 6) is 1.34. The van der Waals surface area contributed by atoms with E-state index in [4.69, 9.17) is 9.73 Å². The van der Waals surface area contributed by atoms with Crippen molar-refractivity contribution >= 4 is 23.0 Å². The molecule has 0 amide bonds. The number of nitrogens with one attached hydrogen (secondary N) is 2. The Labute approximate surface area is 166 Å². The third kappa shape index (κ3) is 5.97. The summed E-state index contributed by atoms with van der Waals surface area (Å²) >= 11 is 1.75. The number of guanidine groups is 1. The Morgan fingerprint density at radius 3 is 2.63 bits per heavy atom. The lowest BCUT2D eigenvalue weighted by atomic mass is 10.1. The average Bonchev–Trinajstić information content (AvgIpc) is 3.26. The van der Waals surface area contributed by atoms with E-state index in [0.717, 1.165) is 45.4 Å². The molecule has 27 heavy (non-hydrogen) atoms. The zero-order valence-corrected chi connectivity index (χ0v) is 17.1. The molecule has 3 rings (SSSR count). The van der Waals surface area contributed by atoms with E-state index in [1.165, 1.54) is 16.8 Å². The molecule has 1 atom stereocenters. The highest BCUT2D eigenvalue weighted by molar-refractivity contribution is 7.07. The topological polar surface area (TPSA) is 48.9 Å². The van der Waals surface area contributed by atoms with Crippen molar-refractivity contribution in [1.82, 2.24) is 10.6 Å². The molecule has 1 aliphatic rings. The van der Waals surface area contributed by atoms with E-state index >= 15 is 0 Å². The summed E-state index contributed by atoms with van der Waals surface area (Å²) in [4.78, 5) is 7.11. The van der Waals surface area contributed by atoms with E-state index in [1.54, 1.807) is 11.3 Å². The number of ether oxygens (including phenoxy) is 1. The molecule has 0 radical (unpaired) electrons. The summed E-state index contributed by atoms with van der Waals surface area (Å²) in [5, 5.41) is 11.1. The lowest BCUT2D eigenvalue weighted by Crippen LogP contribution is -2.39. The minimum atomic E-state index is 0.466. The Hall–Kier alpha value is -2.05. The first kappa shape index (κ1) is 19.7. The van der Waals surface area contributed by atoms with Gasteiger partial charge in [0.1, 0.15) is 0 Å². The fourth-order valence-corrected chi connectivity index (χ4v) is 3.85. The lowest BCUT2D eigenvalue weighted by molar-refractivity contribution is 0.122. The average molecular weight is 387 g/mol. The van der Waals surface area contributed by atoms with Gasteiger partial charge >= 0.3 is 0 Å². The molecule has 5 nitrogen and oxygen atoms in total. The molecule has 0 aliphatic carbocycles. The summed E-state index contributed by atoms with van der Waals surface area (Å²) in [7, 11) is 0. The predicted molar refractivity (Wildman–Crippen MR) is 115 cm³/mol. The molecule has 2 N–H and O–H groups in total. The van der Waals surface area contributed by atoms with E-state index in [2.05, 4.69) is 70.5 Å². The van der Waals surface area contributed by atoms with Crippen molar-refractivity contribution in [1.29, 1.82) is 0 Å². The summed E-state index contributed by atoms with van der Waals surface area (Å²) in [6, 6.07) is 10.9. The maximum atomic E-state index is 5.42. The molecule has 6 heteroatoms. The van der Waals surface area contributed by atoms with Crippen molar-refractivity contribution in [2.45, 2.75) is 26.3 Å². The smallest absolute Gasteiger partial charge is 0.191 e. The van der Waals surface area contributed by atoms with Crippen LogP contribution in [-0.2, 0) is 11.3 Å². The van der Waals surface area contributed by atoms with E-state index in [1.807, 2.05) is 0 Å². The minimum absolute atomic E-state index is 0.466. The Balaban J connectivity index is 1.54.